The number of carbonyl (C=O) groups excluding carboxylic acids is 1. The van der Waals surface area contributed by atoms with Gasteiger partial charge in [-0.25, -0.2) is 9.67 Å². The molecule has 2 heterocycles. The molecule has 0 bridgehead atoms. The van der Waals surface area contributed by atoms with E-state index in [2.05, 4.69) is 15.4 Å². The van der Waals surface area contributed by atoms with Gasteiger partial charge in [0.05, 0.1) is 6.04 Å². The Bertz CT molecular complexity index is 657. The van der Waals surface area contributed by atoms with Crippen molar-refractivity contribution in [1.82, 2.24) is 20.1 Å². The van der Waals surface area contributed by atoms with E-state index in [-0.39, 0.29) is 11.9 Å². The molecular formula is C15H18N4O3. The van der Waals surface area contributed by atoms with Gasteiger partial charge in [0.2, 0.25) is 5.91 Å². The molecule has 116 valence electrons. The standard InChI is InChI=1S/C15H18N4O3/c1-10(18-15(20)11(2)19-9-16-8-17-19)12-3-4-13-14(7-12)22-6-5-21-13/h3-4,7-11H,5-6H2,1-2H3,(H,18,20)/t10-,11+/m0/s1. The molecule has 22 heavy (non-hydrogen) atoms. The summed E-state index contributed by atoms with van der Waals surface area (Å²) in [6.45, 7) is 4.81. The highest BCUT2D eigenvalue weighted by Gasteiger charge is 2.20. The minimum atomic E-state index is -0.415. The number of amides is 1. The zero-order chi connectivity index (χ0) is 15.5. The van der Waals surface area contributed by atoms with Gasteiger partial charge in [-0.2, -0.15) is 5.10 Å². The Labute approximate surface area is 128 Å². The second kappa shape index (κ2) is 6.05. The van der Waals surface area contributed by atoms with Crippen LogP contribution in [0.25, 0.3) is 0 Å². The molecule has 1 N–H and O–H groups in total. The summed E-state index contributed by atoms with van der Waals surface area (Å²) in [5.41, 5.74) is 0.961. The van der Waals surface area contributed by atoms with Crippen molar-refractivity contribution in [3.8, 4) is 11.5 Å². The number of nitrogens with one attached hydrogen (secondary N) is 1. The molecule has 3 rings (SSSR count). The van der Waals surface area contributed by atoms with Crippen molar-refractivity contribution in [2.45, 2.75) is 25.9 Å². The summed E-state index contributed by atoms with van der Waals surface area (Å²) >= 11 is 0. The number of hydrogen-bond acceptors (Lipinski definition) is 5. The van der Waals surface area contributed by atoms with E-state index in [1.165, 1.54) is 17.3 Å². The summed E-state index contributed by atoms with van der Waals surface area (Å²) < 4.78 is 12.6. The SMILES string of the molecule is C[C@H](NC(=O)[C@@H](C)n1cncn1)c1ccc2c(c1)OCCO2. The maximum Gasteiger partial charge on any atom is 0.245 e. The topological polar surface area (TPSA) is 78.3 Å². The van der Waals surface area contributed by atoms with Gasteiger partial charge in [0.15, 0.2) is 11.5 Å². The maximum atomic E-state index is 12.3. The maximum absolute atomic E-state index is 12.3. The molecule has 0 aliphatic carbocycles. The summed E-state index contributed by atoms with van der Waals surface area (Å²) in [6, 6.07) is 5.14. The van der Waals surface area contributed by atoms with Crippen molar-refractivity contribution in [3.63, 3.8) is 0 Å². The number of carbonyl (C=O) groups is 1. The van der Waals surface area contributed by atoms with E-state index in [9.17, 15) is 4.79 Å². The highest BCUT2D eigenvalue weighted by molar-refractivity contribution is 5.80. The molecule has 7 nitrogen and oxygen atoms in total. The zero-order valence-corrected chi connectivity index (χ0v) is 12.5. The number of rotatable bonds is 4. The average molecular weight is 302 g/mol. The minimum absolute atomic E-state index is 0.118. The molecule has 0 saturated carbocycles. The number of fused-ring (bicyclic) bond motifs is 1. The van der Waals surface area contributed by atoms with E-state index in [0.717, 1.165) is 11.3 Å². The van der Waals surface area contributed by atoms with Crippen LogP contribution in [0.2, 0.25) is 0 Å². The summed E-state index contributed by atoms with van der Waals surface area (Å²) in [6.07, 6.45) is 2.94. The summed E-state index contributed by atoms with van der Waals surface area (Å²) in [5.74, 6) is 1.34. The van der Waals surface area contributed by atoms with Crippen LogP contribution in [0.3, 0.4) is 0 Å². The van der Waals surface area contributed by atoms with Crippen LogP contribution in [-0.4, -0.2) is 33.9 Å². The van der Waals surface area contributed by atoms with Gasteiger partial charge in [-0.15, -0.1) is 0 Å². The lowest BCUT2D eigenvalue weighted by atomic mass is 10.1. The molecule has 0 fully saturated rings. The first-order chi connectivity index (χ1) is 10.6. The molecule has 1 aromatic carbocycles. The second-order valence-electron chi connectivity index (χ2n) is 5.18. The van der Waals surface area contributed by atoms with Crippen LogP contribution in [0.15, 0.2) is 30.9 Å². The fourth-order valence-electron chi connectivity index (χ4n) is 2.28. The summed E-state index contributed by atoms with van der Waals surface area (Å²) in [5, 5.41) is 6.95. The quantitative estimate of drug-likeness (QED) is 0.925. The fraction of sp³-hybridized carbons (Fsp3) is 0.400. The third-order valence-electron chi connectivity index (χ3n) is 3.64. The van der Waals surface area contributed by atoms with Gasteiger partial charge in [0, 0.05) is 0 Å². The second-order valence-corrected chi connectivity index (χ2v) is 5.18. The Hall–Kier alpha value is -2.57. The molecule has 1 aromatic heterocycles. The molecule has 1 aliphatic heterocycles. The monoisotopic (exact) mass is 302 g/mol. The van der Waals surface area contributed by atoms with Crippen molar-refractivity contribution in [2.75, 3.05) is 13.2 Å². The predicted molar refractivity (Wildman–Crippen MR) is 78.7 cm³/mol. The van der Waals surface area contributed by atoms with E-state index in [0.29, 0.717) is 19.0 Å². The number of hydrogen-bond donors (Lipinski definition) is 1. The molecule has 0 unspecified atom stereocenters. The average Bonchev–Trinajstić information content (AvgIpc) is 3.08. The Morgan fingerprint density at radius 1 is 1.27 bits per heavy atom. The minimum Gasteiger partial charge on any atom is -0.486 e. The molecular weight excluding hydrogens is 284 g/mol. The van der Waals surface area contributed by atoms with Gasteiger partial charge in [-0.05, 0) is 31.5 Å². The first-order valence-corrected chi connectivity index (χ1v) is 7.19. The Balaban J connectivity index is 1.69. The third kappa shape index (κ3) is 2.88. The molecule has 0 radical (unpaired) electrons. The Morgan fingerprint density at radius 3 is 2.77 bits per heavy atom. The van der Waals surface area contributed by atoms with Crippen molar-refractivity contribution < 1.29 is 14.3 Å². The predicted octanol–water partition coefficient (Wildman–Crippen LogP) is 1.49. The van der Waals surface area contributed by atoms with Crippen LogP contribution in [0.4, 0.5) is 0 Å². The fourth-order valence-corrected chi connectivity index (χ4v) is 2.28. The first kappa shape index (κ1) is 14.4. The number of nitrogens with zero attached hydrogens (tertiary/aromatic N) is 3. The normalized spacial score (nSPS) is 15.9. The lowest BCUT2D eigenvalue weighted by molar-refractivity contribution is -0.124. The van der Waals surface area contributed by atoms with Gasteiger partial charge in [0.1, 0.15) is 31.9 Å². The zero-order valence-electron chi connectivity index (χ0n) is 12.5. The van der Waals surface area contributed by atoms with Gasteiger partial charge < -0.3 is 14.8 Å². The summed E-state index contributed by atoms with van der Waals surface area (Å²) in [4.78, 5) is 16.1. The molecule has 0 spiro atoms. The highest BCUT2D eigenvalue weighted by Crippen LogP contribution is 2.32. The van der Waals surface area contributed by atoms with Gasteiger partial charge in [0.25, 0.3) is 0 Å². The molecule has 0 saturated heterocycles. The number of ether oxygens (including phenoxy) is 2. The lowest BCUT2D eigenvalue weighted by Crippen LogP contribution is -2.33. The van der Waals surface area contributed by atoms with Crippen LogP contribution in [0.5, 0.6) is 11.5 Å². The molecule has 1 amide bonds. The van der Waals surface area contributed by atoms with Crippen molar-refractivity contribution in [2.24, 2.45) is 0 Å². The van der Waals surface area contributed by atoms with Gasteiger partial charge in [-0.1, -0.05) is 6.07 Å². The number of benzene rings is 1. The smallest absolute Gasteiger partial charge is 0.245 e. The molecule has 1 aliphatic rings. The third-order valence-corrected chi connectivity index (χ3v) is 3.64. The first-order valence-electron chi connectivity index (χ1n) is 7.19. The Kier molecular flexibility index (Phi) is 3.95. The van der Waals surface area contributed by atoms with Crippen LogP contribution in [0, 0.1) is 0 Å². The summed E-state index contributed by atoms with van der Waals surface area (Å²) in [7, 11) is 0. The molecule has 7 heteroatoms. The van der Waals surface area contributed by atoms with E-state index in [1.54, 1.807) is 6.92 Å². The number of aromatic nitrogens is 3. The Morgan fingerprint density at radius 2 is 2.05 bits per heavy atom. The van der Waals surface area contributed by atoms with Crippen molar-refractivity contribution in [3.05, 3.63) is 36.4 Å². The van der Waals surface area contributed by atoms with Gasteiger partial charge >= 0.3 is 0 Å². The van der Waals surface area contributed by atoms with Gasteiger partial charge in [-0.3, -0.25) is 4.79 Å². The van der Waals surface area contributed by atoms with Crippen LogP contribution >= 0.6 is 0 Å². The van der Waals surface area contributed by atoms with E-state index in [1.807, 2.05) is 25.1 Å². The molecule has 2 aromatic rings. The van der Waals surface area contributed by atoms with E-state index < -0.39 is 6.04 Å². The van der Waals surface area contributed by atoms with Crippen LogP contribution in [-0.2, 0) is 4.79 Å². The van der Waals surface area contributed by atoms with E-state index >= 15 is 0 Å². The lowest BCUT2D eigenvalue weighted by Gasteiger charge is -2.22. The van der Waals surface area contributed by atoms with E-state index in [4.69, 9.17) is 9.47 Å². The molecule has 2 atom stereocenters. The highest BCUT2D eigenvalue weighted by atomic mass is 16.6. The van der Waals surface area contributed by atoms with Crippen molar-refractivity contribution >= 4 is 5.91 Å². The largest absolute Gasteiger partial charge is 0.486 e. The van der Waals surface area contributed by atoms with Crippen LogP contribution in [0.1, 0.15) is 31.5 Å². The van der Waals surface area contributed by atoms with Crippen LogP contribution < -0.4 is 14.8 Å². The van der Waals surface area contributed by atoms with Crippen molar-refractivity contribution in [1.29, 1.82) is 0 Å².